The van der Waals surface area contributed by atoms with E-state index in [1.54, 1.807) is 6.92 Å². The van der Waals surface area contributed by atoms with Crippen LogP contribution in [0, 0.1) is 0 Å². The first-order valence-electron chi connectivity index (χ1n) is 4.85. The molecule has 0 bridgehead atoms. The number of aromatic nitrogens is 1. The Hall–Kier alpha value is -1.27. The van der Waals surface area contributed by atoms with Gasteiger partial charge in [0.15, 0.2) is 5.69 Å². The quantitative estimate of drug-likeness (QED) is 0.669. The molecule has 1 rings (SSSR count). The highest BCUT2D eigenvalue weighted by Gasteiger charge is 2.22. The molecule has 2 N–H and O–H groups in total. The zero-order chi connectivity index (χ0) is 13.0. The summed E-state index contributed by atoms with van der Waals surface area (Å²) in [5.74, 6) is -0.808. The second kappa shape index (κ2) is 5.88. The molecule has 0 aliphatic heterocycles. The van der Waals surface area contributed by atoms with Crippen LogP contribution in [0.3, 0.4) is 0 Å². The molecule has 0 fully saturated rings. The molecule has 0 atom stereocenters. The Morgan fingerprint density at radius 3 is 2.76 bits per heavy atom. The normalized spacial score (nSPS) is 10.7. The molecule has 0 spiro atoms. The first-order valence-corrected chi connectivity index (χ1v) is 5.23. The number of esters is 1. The van der Waals surface area contributed by atoms with Crippen LogP contribution in [0.1, 0.15) is 35.0 Å². The fourth-order valence-corrected chi connectivity index (χ4v) is 1.54. The molecule has 0 unspecified atom stereocenters. The van der Waals surface area contributed by atoms with Crippen LogP contribution < -0.4 is 5.73 Å². The van der Waals surface area contributed by atoms with Gasteiger partial charge in [-0.1, -0.05) is 11.6 Å². The third-order valence-electron chi connectivity index (χ3n) is 2.04. The highest BCUT2D eigenvalue weighted by molar-refractivity contribution is 6.29. The third kappa shape index (κ3) is 3.10. The van der Waals surface area contributed by atoms with Crippen LogP contribution in [-0.2, 0) is 11.3 Å². The Morgan fingerprint density at radius 2 is 2.29 bits per heavy atom. The zero-order valence-electron chi connectivity index (χ0n) is 9.04. The molecule has 0 saturated heterocycles. The predicted molar refractivity (Wildman–Crippen MR) is 58.1 cm³/mol. The Balaban J connectivity index is 3.32. The van der Waals surface area contributed by atoms with Gasteiger partial charge in [0.1, 0.15) is 5.15 Å². The molecule has 94 valence electrons. The van der Waals surface area contributed by atoms with Crippen molar-refractivity contribution in [1.82, 2.24) is 4.98 Å². The Labute approximate surface area is 102 Å². The van der Waals surface area contributed by atoms with Crippen molar-refractivity contribution in [2.75, 3.05) is 6.61 Å². The van der Waals surface area contributed by atoms with Crippen LogP contribution >= 0.6 is 11.6 Å². The van der Waals surface area contributed by atoms with E-state index in [1.807, 2.05) is 0 Å². The van der Waals surface area contributed by atoms with Crippen molar-refractivity contribution >= 4 is 17.6 Å². The average molecular weight is 265 g/mol. The number of carbonyl (C=O) groups is 1. The number of alkyl halides is 2. The molecule has 0 aromatic carbocycles. The number of halogens is 3. The molecule has 4 nitrogen and oxygen atoms in total. The SMILES string of the molecule is CCOC(=O)c1nc(Cl)cc(C(F)F)c1CN. The third-order valence-corrected chi connectivity index (χ3v) is 2.23. The number of carbonyl (C=O) groups excluding carboxylic acids is 1. The summed E-state index contributed by atoms with van der Waals surface area (Å²) in [5.41, 5.74) is 4.66. The number of hydrogen-bond acceptors (Lipinski definition) is 4. The van der Waals surface area contributed by atoms with Gasteiger partial charge >= 0.3 is 5.97 Å². The van der Waals surface area contributed by atoms with E-state index in [0.717, 1.165) is 6.07 Å². The maximum atomic E-state index is 12.7. The summed E-state index contributed by atoms with van der Waals surface area (Å²) in [6, 6.07) is 0.997. The summed E-state index contributed by atoms with van der Waals surface area (Å²) >= 11 is 5.57. The molecular weight excluding hydrogens is 254 g/mol. The van der Waals surface area contributed by atoms with Gasteiger partial charge < -0.3 is 10.5 Å². The van der Waals surface area contributed by atoms with Crippen LogP contribution in [0.15, 0.2) is 6.07 Å². The molecule has 1 aromatic heterocycles. The second-order valence-electron chi connectivity index (χ2n) is 3.09. The fourth-order valence-electron chi connectivity index (χ4n) is 1.34. The molecule has 0 amide bonds. The smallest absolute Gasteiger partial charge is 0.357 e. The van der Waals surface area contributed by atoms with Gasteiger partial charge in [-0.05, 0) is 13.0 Å². The lowest BCUT2D eigenvalue weighted by molar-refractivity contribution is 0.0517. The van der Waals surface area contributed by atoms with Crippen molar-refractivity contribution in [2.24, 2.45) is 5.73 Å². The Morgan fingerprint density at radius 1 is 1.65 bits per heavy atom. The number of rotatable bonds is 4. The maximum absolute atomic E-state index is 12.7. The molecule has 0 saturated carbocycles. The molecule has 0 radical (unpaired) electrons. The molecule has 7 heteroatoms. The van der Waals surface area contributed by atoms with Gasteiger partial charge in [-0.3, -0.25) is 0 Å². The first-order chi connectivity index (χ1) is 8.01. The lowest BCUT2D eigenvalue weighted by atomic mass is 10.1. The minimum atomic E-state index is -2.78. The van der Waals surface area contributed by atoms with E-state index in [2.05, 4.69) is 4.98 Å². The number of nitrogens with zero attached hydrogens (tertiary/aromatic N) is 1. The van der Waals surface area contributed by atoms with E-state index < -0.39 is 18.0 Å². The van der Waals surface area contributed by atoms with Gasteiger partial charge in [0.05, 0.1) is 6.61 Å². The summed E-state index contributed by atoms with van der Waals surface area (Å²) in [7, 11) is 0. The van der Waals surface area contributed by atoms with E-state index in [4.69, 9.17) is 22.1 Å². The van der Waals surface area contributed by atoms with E-state index in [0.29, 0.717) is 0 Å². The van der Waals surface area contributed by atoms with Crippen LogP contribution in [0.4, 0.5) is 8.78 Å². The van der Waals surface area contributed by atoms with E-state index in [9.17, 15) is 13.6 Å². The molecular formula is C10H11ClF2N2O2. The number of pyridine rings is 1. The largest absolute Gasteiger partial charge is 0.461 e. The summed E-state index contributed by atoms with van der Waals surface area (Å²) in [4.78, 5) is 15.2. The molecule has 17 heavy (non-hydrogen) atoms. The van der Waals surface area contributed by atoms with Crippen molar-refractivity contribution in [3.05, 3.63) is 28.0 Å². The standard InChI is InChI=1S/C10H11ClF2N2O2/c1-2-17-10(16)8-6(4-14)5(9(12)13)3-7(11)15-8/h3,9H,2,4,14H2,1H3. The van der Waals surface area contributed by atoms with E-state index in [-0.39, 0.29) is 29.6 Å². The molecule has 0 aliphatic rings. The van der Waals surface area contributed by atoms with Crippen molar-refractivity contribution in [3.63, 3.8) is 0 Å². The molecule has 1 heterocycles. The van der Waals surface area contributed by atoms with Crippen molar-refractivity contribution in [3.8, 4) is 0 Å². The summed E-state index contributed by atoms with van der Waals surface area (Å²) in [5, 5.41) is -0.194. The summed E-state index contributed by atoms with van der Waals surface area (Å²) in [6.45, 7) is 1.47. The van der Waals surface area contributed by atoms with Gasteiger partial charge in [0, 0.05) is 17.7 Å². The Bertz CT molecular complexity index is 427. The van der Waals surface area contributed by atoms with Crippen LogP contribution in [0.2, 0.25) is 5.15 Å². The van der Waals surface area contributed by atoms with Crippen molar-refractivity contribution in [1.29, 1.82) is 0 Å². The molecule has 1 aromatic rings. The highest BCUT2D eigenvalue weighted by Crippen LogP contribution is 2.27. The van der Waals surface area contributed by atoms with Crippen LogP contribution in [0.5, 0.6) is 0 Å². The molecule has 0 aliphatic carbocycles. The van der Waals surface area contributed by atoms with Gasteiger partial charge in [0.2, 0.25) is 0 Å². The van der Waals surface area contributed by atoms with Crippen molar-refractivity contribution in [2.45, 2.75) is 19.9 Å². The van der Waals surface area contributed by atoms with Gasteiger partial charge in [0.25, 0.3) is 6.43 Å². The van der Waals surface area contributed by atoms with E-state index in [1.165, 1.54) is 0 Å². The van der Waals surface area contributed by atoms with Gasteiger partial charge in [-0.25, -0.2) is 18.6 Å². The number of hydrogen-bond donors (Lipinski definition) is 1. The first kappa shape index (κ1) is 13.8. The van der Waals surface area contributed by atoms with E-state index >= 15 is 0 Å². The maximum Gasteiger partial charge on any atom is 0.357 e. The Kier molecular flexibility index (Phi) is 4.77. The lowest BCUT2D eigenvalue weighted by Crippen LogP contribution is -2.15. The van der Waals surface area contributed by atoms with Gasteiger partial charge in [-0.2, -0.15) is 0 Å². The number of nitrogens with two attached hydrogens (primary N) is 1. The average Bonchev–Trinajstić information content (AvgIpc) is 2.28. The summed E-state index contributed by atoms with van der Waals surface area (Å²) in [6.07, 6.45) is -2.78. The minimum absolute atomic E-state index is 0.0390. The predicted octanol–water partition coefficient (Wildman–Crippen LogP) is 2.31. The topological polar surface area (TPSA) is 65.2 Å². The monoisotopic (exact) mass is 264 g/mol. The fraction of sp³-hybridized carbons (Fsp3) is 0.400. The number of ether oxygens (including phenoxy) is 1. The highest BCUT2D eigenvalue weighted by atomic mass is 35.5. The second-order valence-corrected chi connectivity index (χ2v) is 3.47. The lowest BCUT2D eigenvalue weighted by Gasteiger charge is -2.11. The zero-order valence-corrected chi connectivity index (χ0v) is 9.80. The van der Waals surface area contributed by atoms with Crippen molar-refractivity contribution < 1.29 is 18.3 Å². The van der Waals surface area contributed by atoms with Gasteiger partial charge in [-0.15, -0.1) is 0 Å². The minimum Gasteiger partial charge on any atom is -0.461 e. The summed E-state index contributed by atoms with van der Waals surface area (Å²) < 4.78 is 30.2. The van der Waals surface area contributed by atoms with Crippen LogP contribution in [-0.4, -0.2) is 17.6 Å². The van der Waals surface area contributed by atoms with Crippen LogP contribution in [0.25, 0.3) is 0 Å².